The second-order valence-corrected chi connectivity index (χ2v) is 12.3. The summed E-state index contributed by atoms with van der Waals surface area (Å²) in [7, 11) is 0. The topological polar surface area (TPSA) is 137 Å². The Labute approximate surface area is 240 Å². The van der Waals surface area contributed by atoms with Crippen LogP contribution in [0.15, 0.2) is 35.5 Å². The Bertz CT molecular complexity index is 909. The monoisotopic (exact) mass is 564 g/mol. The van der Waals surface area contributed by atoms with Crippen LogP contribution in [0, 0.1) is 17.8 Å². The minimum absolute atomic E-state index is 0.00283. The molecule has 0 aromatic carbocycles. The average Bonchev–Trinajstić information content (AvgIpc) is 3.62. The molecule has 2 aliphatic rings. The van der Waals surface area contributed by atoms with Gasteiger partial charge in [-0.2, -0.15) is 0 Å². The van der Waals surface area contributed by atoms with E-state index in [0.717, 1.165) is 49.7 Å². The second-order valence-electron chi connectivity index (χ2n) is 12.3. The molecular weight excluding hydrogens is 512 g/mol. The highest BCUT2D eigenvalue weighted by Gasteiger charge is 2.38. The van der Waals surface area contributed by atoms with Crippen LogP contribution in [0.5, 0.6) is 0 Å². The number of hydrogen-bond donors (Lipinski definition) is 4. The highest BCUT2D eigenvalue weighted by molar-refractivity contribution is 5.87. The van der Waals surface area contributed by atoms with E-state index in [1.807, 2.05) is 19.9 Å². The summed E-state index contributed by atoms with van der Waals surface area (Å²) in [6.45, 7) is 13.2. The number of fused-ring (bicyclic) bond motifs is 1. The van der Waals surface area contributed by atoms with E-state index < -0.39 is 48.7 Å². The largest absolute Gasteiger partial charge is 0.457 e. The number of rotatable bonds is 1. The number of carbonyl (C=O) groups is 2. The van der Waals surface area contributed by atoms with Crippen molar-refractivity contribution in [3.05, 3.63) is 35.5 Å². The summed E-state index contributed by atoms with van der Waals surface area (Å²) in [5, 5.41) is 41.4. The molecule has 0 radical (unpaired) electrons. The van der Waals surface area contributed by atoms with Gasteiger partial charge in [0.05, 0.1) is 31.0 Å². The first kappa shape index (κ1) is 34.4. The fraction of sp³-hybridized carbons (Fsp3) is 0.750. The van der Waals surface area contributed by atoms with Crippen LogP contribution < -0.4 is 0 Å². The number of aliphatic hydroxyl groups excluding tert-OH is 4. The Hall–Kier alpha value is -1.84. The van der Waals surface area contributed by atoms with Crippen LogP contribution in [0.1, 0.15) is 92.4 Å². The third kappa shape index (κ3) is 11.6. The van der Waals surface area contributed by atoms with E-state index >= 15 is 0 Å². The zero-order valence-electron chi connectivity index (χ0n) is 25.1. The van der Waals surface area contributed by atoms with Gasteiger partial charge in [0.1, 0.15) is 12.2 Å². The van der Waals surface area contributed by atoms with Gasteiger partial charge < -0.3 is 29.9 Å². The van der Waals surface area contributed by atoms with Gasteiger partial charge in [0.15, 0.2) is 5.78 Å². The van der Waals surface area contributed by atoms with Crippen molar-refractivity contribution in [1.29, 1.82) is 0 Å². The molecule has 1 unspecified atom stereocenters. The Morgan fingerprint density at radius 2 is 1.68 bits per heavy atom. The lowest BCUT2D eigenvalue weighted by Crippen LogP contribution is -2.41. The van der Waals surface area contributed by atoms with Crippen molar-refractivity contribution in [2.45, 2.75) is 129 Å². The third-order valence-electron chi connectivity index (χ3n) is 8.27. The van der Waals surface area contributed by atoms with Crippen molar-refractivity contribution in [3.63, 3.8) is 0 Å². The summed E-state index contributed by atoms with van der Waals surface area (Å²) in [4.78, 5) is 25.2. The van der Waals surface area contributed by atoms with Crippen molar-refractivity contribution >= 4 is 11.8 Å². The number of esters is 1. The number of epoxide rings is 1. The molecule has 1 fully saturated rings. The summed E-state index contributed by atoms with van der Waals surface area (Å²) in [6, 6.07) is 0. The lowest BCUT2D eigenvalue weighted by molar-refractivity contribution is -0.149. The number of ketones is 1. The maximum Gasteiger partial charge on any atom is 0.333 e. The van der Waals surface area contributed by atoms with Crippen LogP contribution in [0.4, 0.5) is 0 Å². The highest BCUT2D eigenvalue weighted by Crippen LogP contribution is 2.34. The van der Waals surface area contributed by atoms with Gasteiger partial charge >= 0.3 is 5.97 Å². The van der Waals surface area contributed by atoms with Crippen molar-refractivity contribution in [2.75, 3.05) is 6.61 Å². The molecule has 9 atom stereocenters. The van der Waals surface area contributed by atoms with Crippen LogP contribution in [-0.4, -0.2) is 75.4 Å². The van der Waals surface area contributed by atoms with Gasteiger partial charge in [-0.1, -0.05) is 57.1 Å². The van der Waals surface area contributed by atoms with Crippen LogP contribution in [0.2, 0.25) is 0 Å². The molecule has 8 nitrogen and oxygen atoms in total. The summed E-state index contributed by atoms with van der Waals surface area (Å²) >= 11 is 0. The van der Waals surface area contributed by atoms with Crippen LogP contribution >= 0.6 is 0 Å². The van der Waals surface area contributed by atoms with Crippen molar-refractivity contribution in [1.82, 2.24) is 0 Å². The van der Waals surface area contributed by atoms with E-state index in [1.54, 1.807) is 13.8 Å². The van der Waals surface area contributed by atoms with E-state index in [2.05, 4.69) is 19.6 Å². The summed E-state index contributed by atoms with van der Waals surface area (Å²) in [5.74, 6) is -1.41. The number of allylic oxidation sites excluding steroid dienone is 4. The lowest BCUT2D eigenvalue weighted by atomic mass is 9.88. The predicted octanol–water partition coefficient (Wildman–Crippen LogP) is 4.19. The zero-order valence-corrected chi connectivity index (χ0v) is 25.1. The molecule has 40 heavy (non-hydrogen) atoms. The van der Waals surface area contributed by atoms with Crippen LogP contribution in [0.3, 0.4) is 0 Å². The Balaban J connectivity index is 2.10. The Kier molecular flexibility index (Phi) is 14.2. The van der Waals surface area contributed by atoms with Gasteiger partial charge in [-0.15, -0.1) is 0 Å². The first-order valence-electron chi connectivity index (χ1n) is 14.9. The predicted molar refractivity (Wildman–Crippen MR) is 154 cm³/mol. The molecular formula is C32H52O8. The highest BCUT2D eigenvalue weighted by atomic mass is 16.6. The van der Waals surface area contributed by atoms with Gasteiger partial charge in [-0.05, 0) is 76.5 Å². The SMILES string of the molecule is C=C1/C=C(\C)[C@@H](C)C[C@H](O)CC(=O)[C@H](O)[C@@H](O)[C@H](C)C[C@H](CO)OC(=O)/C(C)=C/CCCC[C@@H]2O[C@H]2CC(C)C1. The summed E-state index contributed by atoms with van der Waals surface area (Å²) in [6.07, 6.45) is 5.12. The first-order chi connectivity index (χ1) is 18.8. The molecule has 0 aliphatic carbocycles. The molecule has 0 amide bonds. The fourth-order valence-corrected chi connectivity index (χ4v) is 5.47. The number of Topliss-reactive ketones (excluding diaryl/α,β-unsaturated/α-hetero) is 1. The maximum absolute atomic E-state index is 12.6. The first-order valence-corrected chi connectivity index (χ1v) is 14.9. The number of hydrogen-bond acceptors (Lipinski definition) is 8. The number of carbonyl (C=O) groups excluding carboxylic acids is 2. The van der Waals surface area contributed by atoms with Crippen LogP contribution in [-0.2, 0) is 19.1 Å². The third-order valence-corrected chi connectivity index (χ3v) is 8.27. The van der Waals surface area contributed by atoms with Crippen molar-refractivity contribution in [2.24, 2.45) is 17.8 Å². The van der Waals surface area contributed by atoms with E-state index in [4.69, 9.17) is 9.47 Å². The van der Waals surface area contributed by atoms with E-state index in [0.29, 0.717) is 24.0 Å². The molecule has 0 spiro atoms. The normalized spacial score (nSPS) is 39.7. The molecule has 0 aromatic rings. The van der Waals surface area contributed by atoms with Gasteiger partial charge in [0, 0.05) is 12.0 Å². The van der Waals surface area contributed by atoms with E-state index in [-0.39, 0.29) is 24.9 Å². The average molecular weight is 565 g/mol. The number of cyclic esters (lactones) is 1. The lowest BCUT2D eigenvalue weighted by Gasteiger charge is -2.27. The Morgan fingerprint density at radius 3 is 2.35 bits per heavy atom. The molecule has 2 aliphatic heterocycles. The molecule has 2 heterocycles. The second kappa shape index (κ2) is 16.6. The molecule has 8 heteroatoms. The molecule has 1 saturated heterocycles. The Morgan fingerprint density at radius 1 is 0.975 bits per heavy atom. The fourth-order valence-electron chi connectivity index (χ4n) is 5.47. The van der Waals surface area contributed by atoms with Gasteiger partial charge in [-0.3, -0.25) is 4.79 Å². The minimum Gasteiger partial charge on any atom is -0.457 e. The molecule has 4 N–H and O–H groups in total. The smallest absolute Gasteiger partial charge is 0.333 e. The van der Waals surface area contributed by atoms with E-state index in [1.165, 1.54) is 0 Å². The molecule has 0 bridgehead atoms. The summed E-state index contributed by atoms with van der Waals surface area (Å²) in [5.41, 5.74) is 2.54. The van der Waals surface area contributed by atoms with Crippen molar-refractivity contribution < 1.29 is 39.5 Å². The molecule has 228 valence electrons. The number of aliphatic hydroxyl groups is 4. The number of ether oxygens (including phenoxy) is 2. The minimum atomic E-state index is -1.69. The molecule has 0 saturated carbocycles. The van der Waals surface area contributed by atoms with Gasteiger partial charge in [0.25, 0.3) is 0 Å². The quantitative estimate of drug-likeness (QED) is 0.275. The zero-order chi connectivity index (χ0) is 30.0. The summed E-state index contributed by atoms with van der Waals surface area (Å²) < 4.78 is 11.3. The maximum atomic E-state index is 12.6. The van der Waals surface area contributed by atoms with Crippen LogP contribution in [0.25, 0.3) is 0 Å². The molecule has 2 rings (SSSR count). The van der Waals surface area contributed by atoms with Gasteiger partial charge in [-0.25, -0.2) is 4.79 Å². The molecule has 0 aromatic heterocycles. The standard InChI is InChI=1S/C32H52O8/c1-19-12-20(2)14-29-28(40-29)11-9-7-8-10-21(3)32(38)39-26(18-33)16-24(6)30(36)31(37)27(35)17-25(34)15-23(5)22(4)13-19/h10,13,20,23-26,28-31,33-34,36-37H,1,7-9,11-12,14-18H2,2-6H3/b21-10+,22-13+/t20?,23-,24+,25-,26+,28-,29-,30-,31-/m0/s1. The van der Waals surface area contributed by atoms with Crippen molar-refractivity contribution in [3.8, 4) is 0 Å². The van der Waals surface area contributed by atoms with E-state index in [9.17, 15) is 30.0 Å². The van der Waals surface area contributed by atoms with Gasteiger partial charge in [0.2, 0.25) is 0 Å².